The molecule has 0 radical (unpaired) electrons. The van der Waals surface area contributed by atoms with E-state index in [1.807, 2.05) is 20.8 Å². The van der Waals surface area contributed by atoms with Crippen LogP contribution in [0, 0.1) is 5.82 Å². The number of benzene rings is 1. The number of halogens is 2. The molecule has 2 rings (SSSR count). The van der Waals surface area contributed by atoms with Crippen molar-refractivity contribution in [2.75, 3.05) is 7.11 Å². The predicted octanol–water partition coefficient (Wildman–Crippen LogP) is 4.22. The molecule has 0 aliphatic rings. The van der Waals surface area contributed by atoms with Crippen molar-refractivity contribution in [3.8, 4) is 11.5 Å². The number of hydrogen-bond donors (Lipinski definition) is 0. The first kappa shape index (κ1) is 15.5. The molecule has 0 bridgehead atoms. The largest absolute Gasteiger partial charge is 0.463 e. The van der Waals surface area contributed by atoms with Gasteiger partial charge in [-0.15, -0.1) is 0 Å². The van der Waals surface area contributed by atoms with Crippen LogP contribution in [0.15, 0.2) is 22.6 Å². The van der Waals surface area contributed by atoms with Gasteiger partial charge in [0.1, 0.15) is 11.5 Å². The molecular formula is C15H15ClFNO3. The number of carbonyl (C=O) groups is 1. The molecule has 0 N–H and O–H groups in total. The summed E-state index contributed by atoms with van der Waals surface area (Å²) in [6, 6.07) is 4.10. The molecule has 0 saturated heterocycles. The summed E-state index contributed by atoms with van der Waals surface area (Å²) in [5.41, 5.74) is 0.557. The first-order chi connectivity index (χ1) is 9.74. The molecule has 4 nitrogen and oxygen atoms in total. The fraction of sp³-hybridized carbons (Fsp3) is 0.333. The number of nitrogens with zero attached hydrogens (tertiary/aromatic N) is 1. The fourth-order valence-corrected chi connectivity index (χ4v) is 1.99. The molecule has 0 unspecified atom stereocenters. The second-order valence-corrected chi connectivity index (χ2v) is 5.97. The highest BCUT2D eigenvalue weighted by Crippen LogP contribution is 2.31. The van der Waals surface area contributed by atoms with Gasteiger partial charge in [-0.05, 0) is 18.2 Å². The molecule has 21 heavy (non-hydrogen) atoms. The lowest BCUT2D eigenvalue weighted by Crippen LogP contribution is -2.17. The fourth-order valence-electron chi connectivity index (χ4n) is 1.81. The summed E-state index contributed by atoms with van der Waals surface area (Å²) in [6.45, 7) is 5.70. The highest BCUT2D eigenvalue weighted by Gasteiger charge is 2.30. The van der Waals surface area contributed by atoms with Crippen molar-refractivity contribution in [3.05, 3.63) is 40.5 Å². The SMILES string of the molecule is COC(=O)c1oc(-c2ccc(F)c(Cl)c2)nc1C(C)(C)C. The Balaban J connectivity index is 2.58. The summed E-state index contributed by atoms with van der Waals surface area (Å²) in [4.78, 5) is 16.1. The van der Waals surface area contributed by atoms with Crippen LogP contribution in [-0.4, -0.2) is 18.1 Å². The van der Waals surface area contributed by atoms with Crippen LogP contribution in [0.4, 0.5) is 4.39 Å². The van der Waals surface area contributed by atoms with Crippen LogP contribution in [0.3, 0.4) is 0 Å². The van der Waals surface area contributed by atoms with E-state index < -0.39 is 17.2 Å². The number of carbonyl (C=O) groups excluding carboxylic acids is 1. The predicted molar refractivity (Wildman–Crippen MR) is 76.9 cm³/mol. The van der Waals surface area contributed by atoms with E-state index in [2.05, 4.69) is 4.98 Å². The quantitative estimate of drug-likeness (QED) is 0.779. The summed E-state index contributed by atoms with van der Waals surface area (Å²) >= 11 is 5.75. The minimum atomic E-state index is -0.605. The zero-order chi connectivity index (χ0) is 15.8. The van der Waals surface area contributed by atoms with Gasteiger partial charge in [-0.3, -0.25) is 0 Å². The third-order valence-corrected chi connectivity index (χ3v) is 3.16. The number of esters is 1. The zero-order valence-corrected chi connectivity index (χ0v) is 12.9. The van der Waals surface area contributed by atoms with Crippen LogP contribution in [0.1, 0.15) is 37.0 Å². The number of ether oxygens (including phenoxy) is 1. The van der Waals surface area contributed by atoms with Crippen LogP contribution in [0.25, 0.3) is 11.5 Å². The van der Waals surface area contributed by atoms with Gasteiger partial charge in [0, 0.05) is 11.0 Å². The molecule has 112 valence electrons. The molecular weight excluding hydrogens is 297 g/mol. The van der Waals surface area contributed by atoms with Crippen LogP contribution in [0.5, 0.6) is 0 Å². The van der Waals surface area contributed by atoms with Gasteiger partial charge in [-0.25, -0.2) is 14.2 Å². The van der Waals surface area contributed by atoms with E-state index in [0.717, 1.165) is 0 Å². The van der Waals surface area contributed by atoms with Gasteiger partial charge in [0.2, 0.25) is 11.7 Å². The first-order valence-corrected chi connectivity index (χ1v) is 6.67. The number of hydrogen-bond acceptors (Lipinski definition) is 4. The molecule has 0 aliphatic carbocycles. The topological polar surface area (TPSA) is 52.3 Å². The zero-order valence-electron chi connectivity index (χ0n) is 12.2. The number of oxazole rings is 1. The standard InChI is InChI=1S/C15H15ClFNO3/c1-15(2,3)12-11(14(19)20-4)21-13(18-12)8-5-6-10(17)9(16)7-8/h5-7H,1-4H3. The molecule has 1 aromatic heterocycles. The van der Waals surface area contributed by atoms with Crippen LogP contribution in [0.2, 0.25) is 5.02 Å². The lowest BCUT2D eigenvalue weighted by atomic mass is 9.91. The maximum atomic E-state index is 13.2. The lowest BCUT2D eigenvalue weighted by molar-refractivity contribution is 0.0562. The van der Waals surface area contributed by atoms with E-state index in [-0.39, 0.29) is 16.7 Å². The number of methoxy groups -OCH3 is 1. The van der Waals surface area contributed by atoms with Gasteiger partial charge in [0.05, 0.1) is 12.1 Å². The lowest BCUT2D eigenvalue weighted by Gasteiger charge is -2.15. The van der Waals surface area contributed by atoms with E-state index >= 15 is 0 Å². The summed E-state index contributed by atoms with van der Waals surface area (Å²) in [5, 5.41) is -0.0392. The van der Waals surface area contributed by atoms with Gasteiger partial charge >= 0.3 is 5.97 Å². The average molecular weight is 312 g/mol. The van der Waals surface area contributed by atoms with Crippen molar-refractivity contribution in [1.82, 2.24) is 4.98 Å². The van der Waals surface area contributed by atoms with Crippen LogP contribution in [-0.2, 0) is 10.2 Å². The number of aromatic nitrogens is 1. The van der Waals surface area contributed by atoms with E-state index in [1.165, 1.54) is 25.3 Å². The molecule has 1 heterocycles. The van der Waals surface area contributed by atoms with Crippen molar-refractivity contribution in [2.24, 2.45) is 0 Å². The minimum absolute atomic E-state index is 0.0392. The Kier molecular flexibility index (Phi) is 4.05. The molecule has 0 aliphatic heterocycles. The summed E-state index contributed by atoms with van der Waals surface area (Å²) in [6.07, 6.45) is 0. The van der Waals surface area contributed by atoms with Crippen molar-refractivity contribution < 1.29 is 18.3 Å². The molecule has 0 amide bonds. The Morgan fingerprint density at radius 1 is 1.38 bits per heavy atom. The second-order valence-electron chi connectivity index (χ2n) is 5.57. The first-order valence-electron chi connectivity index (χ1n) is 6.29. The van der Waals surface area contributed by atoms with Crippen molar-refractivity contribution in [1.29, 1.82) is 0 Å². The third-order valence-electron chi connectivity index (χ3n) is 2.87. The smallest absolute Gasteiger partial charge is 0.376 e. The van der Waals surface area contributed by atoms with E-state index in [0.29, 0.717) is 11.3 Å². The van der Waals surface area contributed by atoms with Crippen molar-refractivity contribution in [3.63, 3.8) is 0 Å². The normalized spacial score (nSPS) is 11.5. The Labute approximate surface area is 126 Å². The average Bonchev–Trinajstić information content (AvgIpc) is 2.86. The van der Waals surface area contributed by atoms with Gasteiger partial charge in [-0.2, -0.15) is 0 Å². The molecule has 0 saturated carbocycles. The Bertz CT molecular complexity index is 689. The summed E-state index contributed by atoms with van der Waals surface area (Å²) < 4.78 is 23.4. The Morgan fingerprint density at radius 2 is 2.05 bits per heavy atom. The number of rotatable bonds is 2. The Morgan fingerprint density at radius 3 is 2.57 bits per heavy atom. The molecule has 6 heteroatoms. The molecule has 0 fully saturated rings. The highest BCUT2D eigenvalue weighted by atomic mass is 35.5. The van der Waals surface area contributed by atoms with E-state index in [4.69, 9.17) is 20.8 Å². The maximum absolute atomic E-state index is 13.2. The van der Waals surface area contributed by atoms with E-state index in [1.54, 1.807) is 0 Å². The third kappa shape index (κ3) is 3.08. The Hall–Kier alpha value is -1.88. The van der Waals surface area contributed by atoms with Crippen LogP contribution >= 0.6 is 11.6 Å². The van der Waals surface area contributed by atoms with Gasteiger partial charge in [0.25, 0.3) is 0 Å². The van der Waals surface area contributed by atoms with Gasteiger partial charge in [0.15, 0.2) is 0 Å². The molecule has 0 spiro atoms. The minimum Gasteiger partial charge on any atom is -0.463 e. The summed E-state index contributed by atoms with van der Waals surface area (Å²) in [7, 11) is 1.27. The molecule has 2 aromatic rings. The second kappa shape index (κ2) is 5.48. The van der Waals surface area contributed by atoms with Crippen molar-refractivity contribution >= 4 is 17.6 Å². The molecule has 0 atom stereocenters. The van der Waals surface area contributed by atoms with E-state index in [9.17, 15) is 9.18 Å². The van der Waals surface area contributed by atoms with Crippen LogP contribution < -0.4 is 0 Å². The summed E-state index contributed by atoms with van der Waals surface area (Å²) in [5.74, 6) is -0.897. The highest BCUT2D eigenvalue weighted by molar-refractivity contribution is 6.31. The molecule has 1 aromatic carbocycles. The van der Waals surface area contributed by atoms with Gasteiger partial charge in [-0.1, -0.05) is 32.4 Å². The monoisotopic (exact) mass is 311 g/mol. The van der Waals surface area contributed by atoms with Gasteiger partial charge < -0.3 is 9.15 Å². The maximum Gasteiger partial charge on any atom is 0.376 e. The van der Waals surface area contributed by atoms with Crippen molar-refractivity contribution in [2.45, 2.75) is 26.2 Å².